The quantitative estimate of drug-likeness (QED) is 0.651. The second kappa shape index (κ2) is 8.48. The summed E-state index contributed by atoms with van der Waals surface area (Å²) in [6, 6.07) is 12.6. The van der Waals surface area contributed by atoms with E-state index in [0.717, 1.165) is 23.9 Å². The van der Waals surface area contributed by atoms with E-state index < -0.39 is 0 Å². The number of halogens is 1. The van der Waals surface area contributed by atoms with Crippen LogP contribution in [0.25, 0.3) is 22.6 Å². The topological polar surface area (TPSA) is 75.4 Å². The highest BCUT2D eigenvalue weighted by Crippen LogP contribution is 2.30. The number of hydrogen-bond donors (Lipinski definition) is 1. The van der Waals surface area contributed by atoms with Gasteiger partial charge in [0.15, 0.2) is 5.58 Å². The van der Waals surface area contributed by atoms with E-state index in [1.165, 1.54) is 0 Å². The van der Waals surface area contributed by atoms with Crippen molar-refractivity contribution in [3.8, 4) is 11.5 Å². The molecular weight excluding hydrogens is 402 g/mol. The van der Waals surface area contributed by atoms with Gasteiger partial charge in [0.2, 0.25) is 11.8 Å². The minimum atomic E-state index is -0.0487. The van der Waals surface area contributed by atoms with Crippen LogP contribution in [-0.4, -0.2) is 41.3 Å². The Balaban J connectivity index is 1.45. The van der Waals surface area contributed by atoms with Gasteiger partial charge >= 0.3 is 0 Å². The molecule has 0 unspecified atom stereocenters. The normalized spacial score (nSPS) is 18.5. The minimum absolute atomic E-state index is 0.0137. The van der Waals surface area contributed by atoms with E-state index in [2.05, 4.69) is 10.3 Å². The van der Waals surface area contributed by atoms with Gasteiger partial charge in [0.25, 0.3) is 5.91 Å². The zero-order valence-electron chi connectivity index (χ0n) is 17.0. The molecule has 0 radical (unpaired) electrons. The van der Waals surface area contributed by atoms with E-state index in [1.54, 1.807) is 29.2 Å². The number of oxazole rings is 1. The van der Waals surface area contributed by atoms with Crippen LogP contribution < -0.4 is 5.32 Å². The first-order valence-corrected chi connectivity index (χ1v) is 10.6. The zero-order chi connectivity index (χ0) is 21.3. The lowest BCUT2D eigenvalue weighted by Crippen LogP contribution is -2.36. The summed E-state index contributed by atoms with van der Waals surface area (Å²) in [5, 5.41) is 3.47. The third-order valence-corrected chi connectivity index (χ3v) is 5.96. The Morgan fingerprint density at radius 1 is 1.20 bits per heavy atom. The molecule has 0 spiro atoms. The van der Waals surface area contributed by atoms with Gasteiger partial charge in [-0.05, 0) is 62.6 Å². The number of amides is 2. The molecule has 1 aliphatic carbocycles. The SMILES string of the molecule is CCNC(=O)[C@H]1CC[C@@H](N(C)C(=O)c2ccc(-c3nc4ccc(Cl)cc4o3)cc2)C1. The Kier molecular flexibility index (Phi) is 5.77. The fraction of sp³-hybridized carbons (Fsp3) is 0.348. The molecule has 0 aliphatic heterocycles. The monoisotopic (exact) mass is 425 g/mol. The average Bonchev–Trinajstić information content (AvgIpc) is 3.40. The van der Waals surface area contributed by atoms with Crippen molar-refractivity contribution in [1.82, 2.24) is 15.2 Å². The number of rotatable bonds is 5. The van der Waals surface area contributed by atoms with Gasteiger partial charge < -0.3 is 14.6 Å². The number of aromatic nitrogens is 1. The molecule has 1 aliphatic rings. The standard InChI is InChI=1S/C23H24ClN3O3/c1-3-25-21(28)16-8-10-18(12-16)27(2)23(29)15-6-4-14(5-7-15)22-26-19-11-9-17(24)13-20(19)30-22/h4-7,9,11,13,16,18H,3,8,10,12H2,1-2H3,(H,25,28)/t16-,18+/m0/s1. The summed E-state index contributed by atoms with van der Waals surface area (Å²) < 4.78 is 5.79. The summed E-state index contributed by atoms with van der Waals surface area (Å²) in [6.07, 6.45) is 2.36. The molecule has 1 fully saturated rings. The van der Waals surface area contributed by atoms with Crippen molar-refractivity contribution < 1.29 is 14.0 Å². The van der Waals surface area contributed by atoms with Crippen LogP contribution in [0.15, 0.2) is 46.9 Å². The molecule has 2 atom stereocenters. The van der Waals surface area contributed by atoms with Crippen molar-refractivity contribution in [1.29, 1.82) is 0 Å². The third-order valence-electron chi connectivity index (χ3n) is 5.72. The van der Waals surface area contributed by atoms with Gasteiger partial charge in [-0.15, -0.1) is 0 Å². The number of carbonyl (C=O) groups is 2. The molecule has 2 amide bonds. The molecule has 0 saturated heterocycles. The molecule has 6 nitrogen and oxygen atoms in total. The lowest BCUT2D eigenvalue weighted by atomic mass is 10.1. The molecule has 156 valence electrons. The predicted octanol–water partition coefficient (Wildman–Crippen LogP) is 4.53. The van der Waals surface area contributed by atoms with Crippen molar-refractivity contribution in [2.24, 2.45) is 5.92 Å². The molecule has 7 heteroatoms. The van der Waals surface area contributed by atoms with E-state index in [0.29, 0.717) is 35.0 Å². The van der Waals surface area contributed by atoms with Crippen molar-refractivity contribution in [2.45, 2.75) is 32.2 Å². The zero-order valence-corrected chi connectivity index (χ0v) is 17.8. The Hall–Kier alpha value is -2.86. The van der Waals surface area contributed by atoms with Crippen molar-refractivity contribution in [2.75, 3.05) is 13.6 Å². The van der Waals surface area contributed by atoms with Gasteiger partial charge in [-0.25, -0.2) is 4.98 Å². The van der Waals surface area contributed by atoms with E-state index in [4.69, 9.17) is 16.0 Å². The van der Waals surface area contributed by atoms with Gasteiger partial charge in [-0.2, -0.15) is 0 Å². The first-order valence-electron chi connectivity index (χ1n) is 10.2. The number of carbonyl (C=O) groups excluding carboxylic acids is 2. The smallest absolute Gasteiger partial charge is 0.253 e. The maximum absolute atomic E-state index is 12.9. The van der Waals surface area contributed by atoms with Crippen LogP contribution in [0.2, 0.25) is 5.02 Å². The molecule has 1 aromatic heterocycles. The molecule has 30 heavy (non-hydrogen) atoms. The van der Waals surface area contributed by atoms with Crippen LogP contribution in [-0.2, 0) is 4.79 Å². The van der Waals surface area contributed by atoms with Crippen molar-refractivity contribution in [3.63, 3.8) is 0 Å². The van der Waals surface area contributed by atoms with Crippen LogP contribution in [0, 0.1) is 5.92 Å². The van der Waals surface area contributed by atoms with Crippen LogP contribution in [0.1, 0.15) is 36.5 Å². The highest BCUT2D eigenvalue weighted by Gasteiger charge is 2.33. The molecule has 3 aromatic rings. The highest BCUT2D eigenvalue weighted by molar-refractivity contribution is 6.31. The summed E-state index contributed by atoms with van der Waals surface area (Å²) in [5.41, 5.74) is 2.75. The minimum Gasteiger partial charge on any atom is -0.436 e. The van der Waals surface area contributed by atoms with Crippen LogP contribution in [0.3, 0.4) is 0 Å². The van der Waals surface area contributed by atoms with E-state index in [9.17, 15) is 9.59 Å². The van der Waals surface area contributed by atoms with Gasteiger partial charge in [0.05, 0.1) is 0 Å². The molecule has 4 rings (SSSR count). The summed E-state index contributed by atoms with van der Waals surface area (Å²) in [7, 11) is 1.81. The average molecular weight is 426 g/mol. The Bertz CT molecular complexity index is 1080. The maximum Gasteiger partial charge on any atom is 0.253 e. The Morgan fingerprint density at radius 2 is 1.97 bits per heavy atom. The van der Waals surface area contributed by atoms with Gasteiger partial charge in [-0.1, -0.05) is 11.6 Å². The molecule has 1 N–H and O–H groups in total. The molecule has 2 aromatic carbocycles. The number of nitrogens with one attached hydrogen (secondary N) is 1. The maximum atomic E-state index is 12.9. The second-order valence-electron chi connectivity index (χ2n) is 7.68. The molecule has 1 heterocycles. The fourth-order valence-corrected chi connectivity index (χ4v) is 4.18. The molecule has 1 saturated carbocycles. The largest absolute Gasteiger partial charge is 0.436 e. The number of hydrogen-bond acceptors (Lipinski definition) is 4. The van der Waals surface area contributed by atoms with Crippen molar-refractivity contribution >= 4 is 34.5 Å². The van der Waals surface area contributed by atoms with Gasteiger partial charge in [-0.3, -0.25) is 9.59 Å². The van der Waals surface area contributed by atoms with E-state index in [1.807, 2.05) is 32.2 Å². The molecule has 0 bridgehead atoms. The van der Waals surface area contributed by atoms with Crippen LogP contribution >= 0.6 is 11.6 Å². The van der Waals surface area contributed by atoms with E-state index in [-0.39, 0.29) is 23.8 Å². The lowest BCUT2D eigenvalue weighted by molar-refractivity contribution is -0.124. The van der Waals surface area contributed by atoms with Gasteiger partial charge in [0, 0.05) is 47.8 Å². The summed E-state index contributed by atoms with van der Waals surface area (Å²) >= 11 is 6.00. The van der Waals surface area contributed by atoms with Crippen molar-refractivity contribution in [3.05, 3.63) is 53.1 Å². The first kappa shape index (κ1) is 20.4. The second-order valence-corrected chi connectivity index (χ2v) is 8.12. The lowest BCUT2D eigenvalue weighted by Gasteiger charge is -2.25. The Morgan fingerprint density at radius 3 is 2.70 bits per heavy atom. The summed E-state index contributed by atoms with van der Waals surface area (Å²) in [6.45, 7) is 2.55. The van der Waals surface area contributed by atoms with Crippen LogP contribution in [0.5, 0.6) is 0 Å². The van der Waals surface area contributed by atoms with Gasteiger partial charge in [0.1, 0.15) is 5.52 Å². The summed E-state index contributed by atoms with van der Waals surface area (Å²) in [4.78, 5) is 31.2. The number of nitrogens with zero attached hydrogens (tertiary/aromatic N) is 2. The molecular formula is C23H24ClN3O3. The predicted molar refractivity (Wildman–Crippen MR) is 116 cm³/mol. The number of fused-ring (bicyclic) bond motifs is 1. The number of benzene rings is 2. The fourth-order valence-electron chi connectivity index (χ4n) is 4.01. The van der Waals surface area contributed by atoms with E-state index >= 15 is 0 Å². The highest BCUT2D eigenvalue weighted by atomic mass is 35.5. The summed E-state index contributed by atoms with van der Waals surface area (Å²) in [5.74, 6) is 0.512. The van der Waals surface area contributed by atoms with Crippen LogP contribution in [0.4, 0.5) is 0 Å². The third kappa shape index (κ3) is 4.05. The Labute approximate surface area is 180 Å². The first-order chi connectivity index (χ1) is 14.5.